The van der Waals surface area contributed by atoms with E-state index in [9.17, 15) is 4.79 Å². The monoisotopic (exact) mass is 186 g/mol. The molecule has 0 rings (SSSR count). The number of hydrogen-bond donors (Lipinski definition) is 1. The van der Waals surface area contributed by atoms with Gasteiger partial charge in [-0.1, -0.05) is 32.8 Å². The average Bonchev–Trinajstić information content (AvgIpc) is 2.12. The first kappa shape index (κ1) is 12.2. The molecule has 0 heterocycles. The third-order valence-electron chi connectivity index (χ3n) is 1.82. The molecule has 0 fully saturated rings. The van der Waals surface area contributed by atoms with Crippen LogP contribution in [0.3, 0.4) is 0 Å². The topological polar surface area (TPSA) is 46.5 Å². The van der Waals surface area contributed by atoms with Crippen LogP contribution in [0.2, 0.25) is 0 Å². The average molecular weight is 186 g/mol. The van der Waals surface area contributed by atoms with E-state index < -0.39 is 12.8 Å². The van der Waals surface area contributed by atoms with Crippen molar-refractivity contribution < 1.29 is 14.6 Å². The molecule has 0 saturated heterocycles. The van der Waals surface area contributed by atoms with Crippen molar-refractivity contribution in [2.45, 2.75) is 39.0 Å². The van der Waals surface area contributed by atoms with Crippen molar-refractivity contribution in [1.82, 2.24) is 0 Å². The van der Waals surface area contributed by atoms with Crippen molar-refractivity contribution >= 4 is 5.97 Å². The zero-order valence-electron chi connectivity index (χ0n) is 8.21. The lowest BCUT2D eigenvalue weighted by Crippen LogP contribution is -2.07. The normalized spacial score (nSPS) is 9.69. The van der Waals surface area contributed by atoms with E-state index in [4.69, 9.17) is 5.11 Å². The minimum Gasteiger partial charge on any atom is -0.435 e. The standard InChI is InChI=1S/C10H18O3/c1-3-4-5-6-7-9(2)10(12)13-8-11/h11H,2-8H2,1H3. The fourth-order valence-electron chi connectivity index (χ4n) is 1.03. The smallest absolute Gasteiger partial charge is 0.335 e. The maximum absolute atomic E-state index is 10.9. The van der Waals surface area contributed by atoms with E-state index in [1.807, 2.05) is 0 Å². The van der Waals surface area contributed by atoms with Gasteiger partial charge in [-0.05, 0) is 12.8 Å². The number of carbonyl (C=O) groups excluding carboxylic acids is 1. The van der Waals surface area contributed by atoms with E-state index in [2.05, 4.69) is 18.2 Å². The number of aliphatic hydroxyl groups is 1. The van der Waals surface area contributed by atoms with Gasteiger partial charge in [0.2, 0.25) is 0 Å². The van der Waals surface area contributed by atoms with Crippen LogP contribution in [-0.4, -0.2) is 17.9 Å². The van der Waals surface area contributed by atoms with Crippen LogP contribution in [0.1, 0.15) is 39.0 Å². The highest BCUT2D eigenvalue weighted by atomic mass is 16.6. The van der Waals surface area contributed by atoms with E-state index in [1.54, 1.807) is 0 Å². The van der Waals surface area contributed by atoms with Crippen molar-refractivity contribution in [1.29, 1.82) is 0 Å². The van der Waals surface area contributed by atoms with Gasteiger partial charge >= 0.3 is 5.97 Å². The Hall–Kier alpha value is -0.830. The molecule has 0 aliphatic rings. The minimum absolute atomic E-state index is 0.449. The summed E-state index contributed by atoms with van der Waals surface area (Å²) in [6.07, 6.45) is 5.10. The molecule has 76 valence electrons. The van der Waals surface area contributed by atoms with Gasteiger partial charge in [0.25, 0.3) is 0 Å². The molecule has 0 radical (unpaired) electrons. The molecule has 13 heavy (non-hydrogen) atoms. The van der Waals surface area contributed by atoms with Gasteiger partial charge in [-0.2, -0.15) is 0 Å². The summed E-state index contributed by atoms with van der Waals surface area (Å²) in [5.41, 5.74) is 0.449. The predicted molar refractivity (Wildman–Crippen MR) is 51.1 cm³/mol. The third kappa shape index (κ3) is 6.34. The number of ether oxygens (including phenoxy) is 1. The maximum atomic E-state index is 10.9. The summed E-state index contributed by atoms with van der Waals surface area (Å²) in [4.78, 5) is 10.9. The molecule has 0 atom stereocenters. The van der Waals surface area contributed by atoms with E-state index in [0.29, 0.717) is 12.0 Å². The minimum atomic E-state index is -0.563. The van der Waals surface area contributed by atoms with Crippen LogP contribution in [0.15, 0.2) is 12.2 Å². The van der Waals surface area contributed by atoms with Crippen molar-refractivity contribution in [3.05, 3.63) is 12.2 Å². The molecule has 0 bridgehead atoms. The number of hydrogen-bond acceptors (Lipinski definition) is 3. The summed E-state index contributed by atoms with van der Waals surface area (Å²) in [6.45, 7) is 5.16. The van der Waals surface area contributed by atoms with Gasteiger partial charge < -0.3 is 9.84 Å². The molecule has 0 aromatic rings. The van der Waals surface area contributed by atoms with Crippen molar-refractivity contribution in [2.75, 3.05) is 6.79 Å². The Morgan fingerprint density at radius 3 is 2.62 bits per heavy atom. The predicted octanol–water partition coefficient (Wildman–Crippen LogP) is 2.01. The van der Waals surface area contributed by atoms with E-state index >= 15 is 0 Å². The summed E-state index contributed by atoms with van der Waals surface area (Å²) >= 11 is 0. The van der Waals surface area contributed by atoms with Gasteiger partial charge in [0, 0.05) is 5.57 Å². The van der Waals surface area contributed by atoms with Crippen LogP contribution < -0.4 is 0 Å². The lowest BCUT2D eigenvalue weighted by atomic mass is 10.1. The SMILES string of the molecule is C=C(CCCCCC)C(=O)OCO. The molecule has 1 N–H and O–H groups in total. The number of rotatable bonds is 7. The summed E-state index contributed by atoms with van der Waals surface area (Å²) in [5, 5.41) is 8.31. The molecule has 3 heteroatoms. The Morgan fingerprint density at radius 2 is 2.08 bits per heavy atom. The van der Waals surface area contributed by atoms with Crippen molar-refractivity contribution in [2.24, 2.45) is 0 Å². The molecule has 0 amide bonds. The maximum Gasteiger partial charge on any atom is 0.335 e. The highest BCUT2D eigenvalue weighted by Crippen LogP contribution is 2.09. The largest absolute Gasteiger partial charge is 0.435 e. The van der Waals surface area contributed by atoms with Crippen LogP contribution >= 0.6 is 0 Å². The van der Waals surface area contributed by atoms with E-state index in [-0.39, 0.29) is 0 Å². The first-order chi connectivity index (χ1) is 6.22. The molecule has 0 spiro atoms. The highest BCUT2D eigenvalue weighted by Gasteiger charge is 2.06. The van der Waals surface area contributed by atoms with Crippen LogP contribution in [-0.2, 0) is 9.53 Å². The second-order valence-corrected chi connectivity index (χ2v) is 2.98. The van der Waals surface area contributed by atoms with Gasteiger partial charge in [-0.3, -0.25) is 0 Å². The lowest BCUT2D eigenvalue weighted by Gasteiger charge is -2.03. The van der Waals surface area contributed by atoms with Crippen LogP contribution in [0.25, 0.3) is 0 Å². The number of aliphatic hydroxyl groups excluding tert-OH is 1. The molecule has 3 nitrogen and oxygen atoms in total. The molecule has 0 aromatic heterocycles. The first-order valence-electron chi connectivity index (χ1n) is 4.68. The van der Waals surface area contributed by atoms with E-state index in [1.165, 1.54) is 12.8 Å². The van der Waals surface area contributed by atoms with Gasteiger partial charge in [-0.25, -0.2) is 4.79 Å². The highest BCUT2D eigenvalue weighted by molar-refractivity contribution is 5.87. The quantitative estimate of drug-likeness (QED) is 0.286. The fraction of sp³-hybridized carbons (Fsp3) is 0.700. The van der Waals surface area contributed by atoms with Gasteiger partial charge in [0.15, 0.2) is 6.79 Å². The van der Waals surface area contributed by atoms with Crippen LogP contribution in [0.5, 0.6) is 0 Å². The Bertz CT molecular complexity index is 164. The van der Waals surface area contributed by atoms with Gasteiger partial charge in [-0.15, -0.1) is 0 Å². The Labute approximate surface area is 79.4 Å². The molecular weight excluding hydrogens is 168 g/mol. The van der Waals surface area contributed by atoms with Crippen LogP contribution in [0.4, 0.5) is 0 Å². The fourth-order valence-corrected chi connectivity index (χ4v) is 1.03. The zero-order chi connectivity index (χ0) is 10.1. The second-order valence-electron chi connectivity index (χ2n) is 2.98. The summed E-state index contributed by atoms with van der Waals surface area (Å²) < 4.78 is 4.38. The van der Waals surface area contributed by atoms with Crippen LogP contribution in [0, 0.1) is 0 Å². The van der Waals surface area contributed by atoms with Crippen molar-refractivity contribution in [3.63, 3.8) is 0 Å². The lowest BCUT2D eigenvalue weighted by molar-refractivity contribution is -0.147. The zero-order valence-corrected chi connectivity index (χ0v) is 8.21. The third-order valence-corrected chi connectivity index (χ3v) is 1.82. The molecule has 0 unspecified atom stereocenters. The number of unbranched alkanes of at least 4 members (excludes halogenated alkanes) is 3. The summed E-state index contributed by atoms with van der Waals surface area (Å²) in [6, 6.07) is 0. The second kappa shape index (κ2) is 7.80. The molecule has 0 aromatic carbocycles. The van der Waals surface area contributed by atoms with Gasteiger partial charge in [0.1, 0.15) is 0 Å². The Balaban J connectivity index is 3.44. The molecule has 0 aliphatic heterocycles. The van der Waals surface area contributed by atoms with Crippen molar-refractivity contribution in [3.8, 4) is 0 Å². The number of esters is 1. The van der Waals surface area contributed by atoms with Gasteiger partial charge in [0.05, 0.1) is 0 Å². The molecule has 0 saturated carbocycles. The number of carbonyl (C=O) groups is 1. The summed E-state index contributed by atoms with van der Waals surface area (Å²) in [7, 11) is 0. The Morgan fingerprint density at radius 1 is 1.38 bits per heavy atom. The molecular formula is C10H18O3. The van der Waals surface area contributed by atoms with E-state index in [0.717, 1.165) is 12.8 Å². The molecule has 0 aliphatic carbocycles. The Kier molecular flexibility index (Phi) is 7.30. The first-order valence-corrected chi connectivity index (χ1v) is 4.68. The summed E-state index contributed by atoms with van der Waals surface area (Å²) in [5.74, 6) is -0.487.